The number of hydrogen-bond donors (Lipinski definition) is 2. The summed E-state index contributed by atoms with van der Waals surface area (Å²) in [4.78, 5) is 0. The molecule has 0 amide bonds. The van der Waals surface area contributed by atoms with E-state index in [1.54, 1.807) is 0 Å². The van der Waals surface area contributed by atoms with Gasteiger partial charge in [0.1, 0.15) is 0 Å². The molecule has 0 unspecified atom stereocenters. The monoisotopic (exact) mass is 149 g/mol. The minimum Gasteiger partial charge on any atom is -0.563 e. The molecule has 0 saturated carbocycles. The van der Waals surface area contributed by atoms with Crippen molar-refractivity contribution in [2.75, 3.05) is 0 Å². The van der Waals surface area contributed by atoms with E-state index in [2.05, 4.69) is 5.73 Å². The molecular weight excluding hydrogens is 146 g/mol. The molecule has 0 heterocycles. The van der Waals surface area contributed by atoms with Crippen LogP contribution in [0.3, 0.4) is 0 Å². The Morgan fingerprint density at radius 1 is 1.75 bits per heavy atom. The van der Waals surface area contributed by atoms with Crippen LogP contribution in [-0.2, 0) is 20.4 Å². The summed E-state index contributed by atoms with van der Waals surface area (Å²) in [5.41, 5.74) is 4.26. The first-order chi connectivity index (χ1) is 1.41. The first-order valence-corrected chi connectivity index (χ1v) is 0.539. The molecular formula is CH3N2Pd-. The molecule has 0 bridgehead atoms. The Kier molecular flexibility index (Phi) is 24.8. The van der Waals surface area contributed by atoms with Crippen molar-refractivity contribution in [1.82, 2.24) is 0 Å². The third-order valence-corrected chi connectivity index (χ3v) is 0. The Bertz CT molecular complexity index is 13.5. The van der Waals surface area contributed by atoms with Crippen LogP contribution in [0.1, 0.15) is 0 Å². The van der Waals surface area contributed by atoms with Crippen LogP contribution >= 0.6 is 0 Å². The first kappa shape index (κ1) is 8.92. The predicted octanol–water partition coefficient (Wildman–Crippen LogP) is -0.573. The summed E-state index contributed by atoms with van der Waals surface area (Å²) in [5.74, 6) is 0. The van der Waals surface area contributed by atoms with Gasteiger partial charge in [-0.25, -0.2) is 0 Å². The molecule has 0 spiro atoms. The van der Waals surface area contributed by atoms with Crippen molar-refractivity contribution >= 4 is 6.34 Å². The summed E-state index contributed by atoms with van der Waals surface area (Å²) in [7, 11) is 0. The topological polar surface area (TPSA) is 49.9 Å². The van der Waals surface area contributed by atoms with Gasteiger partial charge in [0.25, 0.3) is 0 Å². The summed E-state index contributed by atoms with van der Waals surface area (Å²) in [5, 5.41) is 5.74. The van der Waals surface area contributed by atoms with Gasteiger partial charge >= 0.3 is 0 Å². The molecule has 0 aromatic rings. The van der Waals surface area contributed by atoms with Gasteiger partial charge < -0.3 is 17.5 Å². The van der Waals surface area contributed by atoms with Crippen LogP contribution in [0.5, 0.6) is 0 Å². The summed E-state index contributed by atoms with van der Waals surface area (Å²) >= 11 is 0. The van der Waals surface area contributed by atoms with Gasteiger partial charge in [-0.15, -0.1) is 0 Å². The molecule has 3 N–H and O–H groups in total. The van der Waals surface area contributed by atoms with Crippen molar-refractivity contribution in [1.29, 1.82) is 5.41 Å². The van der Waals surface area contributed by atoms with E-state index >= 15 is 0 Å². The molecule has 0 radical (unpaired) electrons. The maximum Gasteiger partial charge on any atom is 0 e. The van der Waals surface area contributed by atoms with Crippen molar-refractivity contribution in [2.45, 2.75) is 0 Å². The van der Waals surface area contributed by atoms with Gasteiger partial charge in [0.2, 0.25) is 0 Å². The summed E-state index contributed by atoms with van der Waals surface area (Å²) in [6.07, 6.45) is 1.50. The van der Waals surface area contributed by atoms with Gasteiger partial charge in [-0.2, -0.15) is 0 Å². The second kappa shape index (κ2) is 11.1. The fraction of sp³-hybridized carbons (Fsp3) is 0. The average Bonchev–Trinajstić information content (AvgIpc) is 0.918. The molecule has 0 atom stereocenters. The maximum absolute atomic E-state index is 5.74. The number of nitrogens with two attached hydrogens (primary N) is 1. The smallest absolute Gasteiger partial charge is 0 e. The first-order valence-electron chi connectivity index (χ1n) is 0.539. The van der Waals surface area contributed by atoms with Gasteiger partial charge in [0, 0.05) is 20.4 Å². The van der Waals surface area contributed by atoms with Crippen LogP contribution in [0.25, 0.3) is 0 Å². The van der Waals surface area contributed by atoms with Gasteiger partial charge in [0.15, 0.2) is 0 Å². The van der Waals surface area contributed by atoms with E-state index in [0.717, 1.165) is 0 Å². The molecule has 28 valence electrons. The number of rotatable bonds is 0. The maximum atomic E-state index is 5.74. The van der Waals surface area contributed by atoms with Crippen molar-refractivity contribution < 1.29 is 20.4 Å². The van der Waals surface area contributed by atoms with Crippen LogP contribution in [0.2, 0.25) is 0 Å². The number of hydrogen-bond acceptors (Lipinski definition) is 1. The van der Waals surface area contributed by atoms with Crippen LogP contribution < -0.4 is 5.73 Å². The molecule has 0 aromatic carbocycles. The Labute approximate surface area is 38.5 Å². The normalized spacial score (nSPS) is 3.00. The largest absolute Gasteiger partial charge is 0.563 e. The SMILES string of the molecule is N=[C-]N.[Pd]. The standard InChI is InChI=1S/CH3N2.Pd/c2-1-3;/h(H3,2,3);/q-1;. The van der Waals surface area contributed by atoms with Crippen LogP contribution in [0, 0.1) is 5.41 Å². The Morgan fingerprint density at radius 2 is 1.75 bits per heavy atom. The second-order valence-electron chi connectivity index (χ2n) is 0.144. The molecule has 0 saturated heterocycles. The third kappa shape index (κ3) is 156. The molecule has 3 heteroatoms. The van der Waals surface area contributed by atoms with Crippen molar-refractivity contribution in [3.63, 3.8) is 0 Å². The van der Waals surface area contributed by atoms with Crippen LogP contribution in [-0.4, -0.2) is 6.34 Å². The van der Waals surface area contributed by atoms with Gasteiger partial charge in [-0.1, -0.05) is 0 Å². The van der Waals surface area contributed by atoms with Gasteiger partial charge in [-0.3, -0.25) is 0 Å². The third-order valence-electron chi connectivity index (χ3n) is 0. The fourth-order valence-corrected chi connectivity index (χ4v) is 0. The molecule has 0 rings (SSSR count). The Hall–Kier alpha value is 0.132. The number of nitrogens with one attached hydrogen (secondary N) is 1. The van der Waals surface area contributed by atoms with E-state index < -0.39 is 0 Å². The minimum atomic E-state index is 0. The van der Waals surface area contributed by atoms with Crippen molar-refractivity contribution in [3.05, 3.63) is 0 Å². The molecule has 4 heavy (non-hydrogen) atoms. The zero-order valence-electron chi connectivity index (χ0n) is 1.89. The Morgan fingerprint density at radius 3 is 1.75 bits per heavy atom. The quantitative estimate of drug-likeness (QED) is 0.157. The van der Waals surface area contributed by atoms with E-state index in [4.69, 9.17) is 5.41 Å². The van der Waals surface area contributed by atoms with E-state index in [9.17, 15) is 0 Å². The Balaban J connectivity index is 0. The summed E-state index contributed by atoms with van der Waals surface area (Å²) in [6, 6.07) is 0. The van der Waals surface area contributed by atoms with Crippen LogP contribution in [0.15, 0.2) is 0 Å². The minimum absolute atomic E-state index is 0. The van der Waals surface area contributed by atoms with Crippen molar-refractivity contribution in [2.24, 2.45) is 5.73 Å². The zero-order chi connectivity index (χ0) is 2.71. The van der Waals surface area contributed by atoms with Crippen LogP contribution in [0.4, 0.5) is 0 Å². The molecule has 0 aliphatic rings. The molecule has 0 aliphatic carbocycles. The molecule has 0 fully saturated rings. The van der Waals surface area contributed by atoms with E-state index in [1.807, 2.05) is 0 Å². The van der Waals surface area contributed by atoms with Gasteiger partial charge in [0.05, 0.1) is 0 Å². The second-order valence-corrected chi connectivity index (χ2v) is 0.144. The summed E-state index contributed by atoms with van der Waals surface area (Å²) in [6.45, 7) is 0. The van der Waals surface area contributed by atoms with E-state index in [0.29, 0.717) is 0 Å². The fourth-order valence-electron chi connectivity index (χ4n) is 0. The zero-order valence-corrected chi connectivity index (χ0v) is 3.45. The molecule has 0 aliphatic heterocycles. The molecule has 2 nitrogen and oxygen atoms in total. The van der Waals surface area contributed by atoms with E-state index in [1.165, 1.54) is 6.34 Å². The molecule has 0 aromatic heterocycles. The van der Waals surface area contributed by atoms with Gasteiger partial charge in [-0.05, 0) is 0 Å². The summed E-state index contributed by atoms with van der Waals surface area (Å²) < 4.78 is 0. The van der Waals surface area contributed by atoms with E-state index in [-0.39, 0.29) is 20.4 Å². The predicted molar refractivity (Wildman–Crippen MR) is 11.9 cm³/mol. The average molecular weight is 149 g/mol. The van der Waals surface area contributed by atoms with Crippen molar-refractivity contribution in [3.8, 4) is 0 Å².